The van der Waals surface area contributed by atoms with Gasteiger partial charge in [-0.3, -0.25) is 0 Å². The highest BCUT2D eigenvalue weighted by molar-refractivity contribution is 5.18. The molecule has 190 valence electrons. The SMILES string of the molecule is O[C@@H]1CC2(C[C@@H]1O)NC[C@@H](OCc1ccccc1)[C@H](OCc1ccccc1)[C@H]2OCc1ccccc1. The van der Waals surface area contributed by atoms with Crippen LogP contribution in [0.15, 0.2) is 91.0 Å². The molecular weight excluding hydrogens is 454 g/mol. The first-order chi connectivity index (χ1) is 17.6. The van der Waals surface area contributed by atoms with E-state index in [2.05, 4.69) is 5.32 Å². The molecule has 1 aliphatic heterocycles. The van der Waals surface area contributed by atoms with Crippen molar-refractivity contribution in [2.24, 2.45) is 0 Å². The number of nitrogens with one attached hydrogen (secondary N) is 1. The van der Waals surface area contributed by atoms with Gasteiger partial charge in [-0.15, -0.1) is 0 Å². The van der Waals surface area contributed by atoms with Crippen molar-refractivity contribution in [2.75, 3.05) is 6.54 Å². The smallest absolute Gasteiger partial charge is 0.113 e. The quantitative estimate of drug-likeness (QED) is 0.426. The molecule has 2 fully saturated rings. The minimum Gasteiger partial charge on any atom is -0.390 e. The molecule has 1 saturated heterocycles. The number of benzene rings is 3. The van der Waals surface area contributed by atoms with E-state index in [1.54, 1.807) is 0 Å². The molecule has 1 heterocycles. The maximum Gasteiger partial charge on any atom is 0.113 e. The Hall–Kier alpha value is -2.58. The van der Waals surface area contributed by atoms with Crippen LogP contribution in [0.3, 0.4) is 0 Å². The highest BCUT2D eigenvalue weighted by Crippen LogP contribution is 2.41. The van der Waals surface area contributed by atoms with Crippen molar-refractivity contribution in [3.8, 4) is 0 Å². The molecule has 1 unspecified atom stereocenters. The van der Waals surface area contributed by atoms with Crippen LogP contribution in [0.1, 0.15) is 29.5 Å². The van der Waals surface area contributed by atoms with Gasteiger partial charge in [0.25, 0.3) is 0 Å². The second kappa shape index (κ2) is 11.6. The maximum absolute atomic E-state index is 10.5. The number of rotatable bonds is 9. The normalized spacial score (nSPS) is 30.0. The van der Waals surface area contributed by atoms with Crippen LogP contribution in [-0.2, 0) is 34.0 Å². The molecule has 0 aromatic heterocycles. The Labute approximate surface area is 212 Å². The predicted octanol–water partition coefficient (Wildman–Crippen LogP) is 3.60. The summed E-state index contributed by atoms with van der Waals surface area (Å²) in [6.45, 7) is 1.82. The number of hydrogen-bond donors (Lipinski definition) is 3. The van der Waals surface area contributed by atoms with E-state index < -0.39 is 30.0 Å². The molecule has 1 saturated carbocycles. The lowest BCUT2D eigenvalue weighted by Crippen LogP contribution is -2.69. The van der Waals surface area contributed by atoms with Gasteiger partial charge in [0, 0.05) is 6.54 Å². The molecule has 6 nitrogen and oxygen atoms in total. The van der Waals surface area contributed by atoms with Crippen LogP contribution < -0.4 is 5.32 Å². The molecule has 1 spiro atoms. The average Bonchev–Trinajstić information content (AvgIpc) is 3.21. The van der Waals surface area contributed by atoms with E-state index in [4.69, 9.17) is 14.2 Å². The zero-order valence-electron chi connectivity index (χ0n) is 20.4. The highest BCUT2D eigenvalue weighted by Gasteiger charge is 2.56. The fourth-order valence-electron chi connectivity index (χ4n) is 5.42. The summed E-state index contributed by atoms with van der Waals surface area (Å²) in [7, 11) is 0. The van der Waals surface area contributed by atoms with Crippen molar-refractivity contribution in [3.05, 3.63) is 108 Å². The molecule has 6 heteroatoms. The lowest BCUT2D eigenvalue weighted by molar-refractivity contribution is -0.195. The van der Waals surface area contributed by atoms with Gasteiger partial charge in [0.05, 0.1) is 43.7 Å². The minimum absolute atomic E-state index is 0.268. The average molecular weight is 490 g/mol. The number of aliphatic hydroxyl groups is 2. The van der Waals surface area contributed by atoms with Crippen LogP contribution in [0, 0.1) is 0 Å². The summed E-state index contributed by atoms with van der Waals surface area (Å²) in [6, 6.07) is 30.2. The van der Waals surface area contributed by atoms with Gasteiger partial charge in [-0.05, 0) is 29.5 Å². The summed E-state index contributed by atoms with van der Waals surface area (Å²) in [5.41, 5.74) is 2.61. The Bertz CT molecular complexity index is 1050. The first-order valence-electron chi connectivity index (χ1n) is 12.7. The van der Waals surface area contributed by atoms with Gasteiger partial charge in [-0.1, -0.05) is 91.0 Å². The Morgan fingerprint density at radius 3 is 1.58 bits per heavy atom. The van der Waals surface area contributed by atoms with Gasteiger partial charge in [0.2, 0.25) is 0 Å². The summed E-state index contributed by atoms with van der Waals surface area (Å²) in [4.78, 5) is 0. The second-order valence-electron chi connectivity index (χ2n) is 9.89. The third kappa shape index (κ3) is 5.86. The molecule has 0 bridgehead atoms. The molecule has 3 aromatic rings. The van der Waals surface area contributed by atoms with E-state index in [-0.39, 0.29) is 6.10 Å². The molecule has 5 rings (SSSR count). The van der Waals surface area contributed by atoms with Crippen LogP contribution in [0.2, 0.25) is 0 Å². The van der Waals surface area contributed by atoms with Gasteiger partial charge in [0.1, 0.15) is 12.2 Å². The van der Waals surface area contributed by atoms with Gasteiger partial charge in [0.15, 0.2) is 0 Å². The number of aliphatic hydroxyl groups excluding tert-OH is 2. The lowest BCUT2D eigenvalue weighted by atomic mass is 9.80. The third-order valence-electron chi connectivity index (χ3n) is 7.32. The molecule has 36 heavy (non-hydrogen) atoms. The molecule has 1 aliphatic carbocycles. The van der Waals surface area contributed by atoms with Crippen LogP contribution >= 0.6 is 0 Å². The van der Waals surface area contributed by atoms with Crippen molar-refractivity contribution in [1.82, 2.24) is 5.32 Å². The Balaban J connectivity index is 1.41. The summed E-state index contributed by atoms with van der Waals surface area (Å²) in [5, 5.41) is 24.6. The fourth-order valence-corrected chi connectivity index (χ4v) is 5.42. The van der Waals surface area contributed by atoms with Crippen molar-refractivity contribution < 1.29 is 24.4 Å². The third-order valence-corrected chi connectivity index (χ3v) is 7.32. The Morgan fingerprint density at radius 2 is 1.08 bits per heavy atom. The van der Waals surface area contributed by atoms with Gasteiger partial charge < -0.3 is 29.7 Å². The van der Waals surface area contributed by atoms with Gasteiger partial charge in [-0.2, -0.15) is 0 Å². The molecule has 3 N–H and O–H groups in total. The first-order valence-corrected chi connectivity index (χ1v) is 12.7. The fraction of sp³-hybridized carbons (Fsp3) is 0.400. The highest BCUT2D eigenvalue weighted by atomic mass is 16.6. The molecule has 6 atom stereocenters. The Kier molecular flexibility index (Phi) is 8.12. The van der Waals surface area contributed by atoms with Crippen molar-refractivity contribution in [2.45, 2.75) is 68.7 Å². The van der Waals surface area contributed by atoms with Crippen LogP contribution in [0.25, 0.3) is 0 Å². The van der Waals surface area contributed by atoms with E-state index >= 15 is 0 Å². The first kappa shape index (κ1) is 25.1. The topological polar surface area (TPSA) is 80.2 Å². The van der Waals surface area contributed by atoms with Crippen molar-refractivity contribution >= 4 is 0 Å². The molecule has 2 aliphatic rings. The monoisotopic (exact) mass is 489 g/mol. The van der Waals surface area contributed by atoms with E-state index in [9.17, 15) is 10.2 Å². The number of hydrogen-bond acceptors (Lipinski definition) is 6. The van der Waals surface area contributed by atoms with E-state index in [0.29, 0.717) is 39.2 Å². The van der Waals surface area contributed by atoms with Crippen LogP contribution in [0.4, 0.5) is 0 Å². The zero-order chi connectivity index (χ0) is 24.8. The van der Waals surface area contributed by atoms with E-state index in [0.717, 1.165) is 16.7 Å². The van der Waals surface area contributed by atoms with Crippen LogP contribution in [0.5, 0.6) is 0 Å². The molecule has 0 amide bonds. The van der Waals surface area contributed by atoms with Crippen LogP contribution in [-0.4, -0.2) is 52.8 Å². The summed E-state index contributed by atoms with van der Waals surface area (Å²) in [6.07, 6.45) is -1.92. The second-order valence-corrected chi connectivity index (χ2v) is 9.89. The summed E-state index contributed by atoms with van der Waals surface area (Å²) in [5.74, 6) is 0. The standard InChI is InChI=1S/C30H35NO5/c32-25-16-30(17-26(25)33)29(36-21-24-14-8-3-9-15-24)28(35-20-23-12-6-2-7-13-23)27(18-31-30)34-19-22-10-4-1-5-11-22/h1-15,25-29,31-33H,16-21H2/t25-,26+,27-,28+,29-,30?/m1/s1. The predicted molar refractivity (Wildman–Crippen MR) is 137 cm³/mol. The lowest BCUT2D eigenvalue weighted by Gasteiger charge is -2.49. The van der Waals surface area contributed by atoms with E-state index in [1.165, 1.54) is 0 Å². The molecule has 0 radical (unpaired) electrons. The molecule has 3 aromatic carbocycles. The number of ether oxygens (including phenoxy) is 3. The van der Waals surface area contributed by atoms with Crippen molar-refractivity contribution in [3.63, 3.8) is 0 Å². The summed E-state index contributed by atoms with van der Waals surface area (Å²) >= 11 is 0. The van der Waals surface area contributed by atoms with Crippen molar-refractivity contribution in [1.29, 1.82) is 0 Å². The largest absolute Gasteiger partial charge is 0.390 e. The van der Waals surface area contributed by atoms with Gasteiger partial charge in [-0.25, -0.2) is 0 Å². The minimum atomic E-state index is -0.808. The molecular formula is C30H35NO5. The summed E-state index contributed by atoms with van der Waals surface area (Å²) < 4.78 is 19.6. The van der Waals surface area contributed by atoms with E-state index in [1.807, 2.05) is 91.0 Å². The van der Waals surface area contributed by atoms with Gasteiger partial charge >= 0.3 is 0 Å². The number of piperidine rings is 1. The maximum atomic E-state index is 10.5. The zero-order valence-corrected chi connectivity index (χ0v) is 20.4. The Morgan fingerprint density at radius 1 is 0.639 bits per heavy atom.